The van der Waals surface area contributed by atoms with Gasteiger partial charge in [0, 0.05) is 77.2 Å². The summed E-state index contributed by atoms with van der Waals surface area (Å²) in [6.45, 7) is 7.75. The zero-order valence-electron chi connectivity index (χ0n) is 21.1. The number of piperazine rings is 1. The first-order chi connectivity index (χ1) is 16.5. The lowest BCUT2D eigenvalue weighted by Gasteiger charge is -2.46. The van der Waals surface area contributed by atoms with E-state index in [1.807, 2.05) is 32.3 Å². The number of nitrogens with one attached hydrogen (secondary N) is 1. The van der Waals surface area contributed by atoms with Gasteiger partial charge in [-0.1, -0.05) is 36.4 Å². The van der Waals surface area contributed by atoms with Crippen LogP contribution in [0.15, 0.2) is 54.6 Å². The molecule has 0 aromatic heterocycles. The first-order valence-electron chi connectivity index (χ1n) is 12.7. The molecule has 6 heteroatoms. The third kappa shape index (κ3) is 6.81. The van der Waals surface area contributed by atoms with Crippen molar-refractivity contribution in [2.75, 3.05) is 70.6 Å². The van der Waals surface area contributed by atoms with Crippen LogP contribution in [0.4, 0.5) is 11.4 Å². The fraction of sp³-hybridized carbons (Fsp3) is 0.536. The predicted octanol–water partition coefficient (Wildman–Crippen LogP) is 3.61. The van der Waals surface area contributed by atoms with Crippen molar-refractivity contribution in [3.8, 4) is 0 Å². The molecule has 2 saturated heterocycles. The van der Waals surface area contributed by atoms with Crippen LogP contribution in [0, 0.1) is 5.92 Å². The molecule has 0 aliphatic carbocycles. The lowest BCUT2D eigenvalue weighted by molar-refractivity contribution is -0.116. The minimum atomic E-state index is 0.119. The molecule has 1 amide bonds. The van der Waals surface area contributed by atoms with Crippen LogP contribution >= 0.6 is 0 Å². The van der Waals surface area contributed by atoms with E-state index in [0.717, 1.165) is 63.6 Å². The minimum absolute atomic E-state index is 0.119. The number of carbonyl (C=O) groups is 1. The van der Waals surface area contributed by atoms with E-state index >= 15 is 0 Å². The number of anilines is 2. The molecule has 2 aliphatic heterocycles. The monoisotopic (exact) mass is 463 g/mol. The fourth-order valence-corrected chi connectivity index (χ4v) is 5.40. The van der Waals surface area contributed by atoms with E-state index in [-0.39, 0.29) is 5.91 Å². The van der Waals surface area contributed by atoms with E-state index < -0.39 is 0 Å². The van der Waals surface area contributed by atoms with Crippen molar-refractivity contribution in [3.63, 3.8) is 0 Å². The molecular weight excluding hydrogens is 422 g/mol. The van der Waals surface area contributed by atoms with Crippen LogP contribution in [-0.2, 0) is 11.3 Å². The van der Waals surface area contributed by atoms with Crippen LogP contribution < -0.4 is 10.2 Å². The number of hydrogen-bond donors (Lipinski definition) is 1. The number of likely N-dealkylation sites (N-methyl/N-ethyl adjacent to an activating group) is 1. The van der Waals surface area contributed by atoms with Crippen molar-refractivity contribution < 1.29 is 4.79 Å². The molecule has 184 valence electrons. The van der Waals surface area contributed by atoms with Crippen LogP contribution in [0.25, 0.3) is 0 Å². The topological polar surface area (TPSA) is 42.1 Å². The van der Waals surface area contributed by atoms with Gasteiger partial charge in [-0.05, 0) is 56.1 Å². The molecule has 4 rings (SSSR count). The maximum absolute atomic E-state index is 12.9. The molecule has 6 nitrogen and oxygen atoms in total. The maximum atomic E-state index is 12.9. The van der Waals surface area contributed by atoms with Crippen molar-refractivity contribution in [2.45, 2.75) is 31.8 Å². The highest BCUT2D eigenvalue weighted by molar-refractivity contribution is 5.91. The van der Waals surface area contributed by atoms with Gasteiger partial charge in [-0.2, -0.15) is 0 Å². The van der Waals surface area contributed by atoms with Gasteiger partial charge in [-0.3, -0.25) is 14.6 Å². The van der Waals surface area contributed by atoms with Gasteiger partial charge in [-0.25, -0.2) is 0 Å². The number of hydrogen-bond acceptors (Lipinski definition) is 5. The van der Waals surface area contributed by atoms with Crippen LogP contribution in [0.3, 0.4) is 0 Å². The van der Waals surface area contributed by atoms with Gasteiger partial charge >= 0.3 is 0 Å². The first-order valence-corrected chi connectivity index (χ1v) is 12.7. The molecule has 2 aromatic carbocycles. The molecule has 1 N–H and O–H groups in total. The highest BCUT2D eigenvalue weighted by atomic mass is 16.1. The third-order valence-electron chi connectivity index (χ3n) is 7.42. The first kappa shape index (κ1) is 24.7. The lowest BCUT2D eigenvalue weighted by atomic mass is 9.86. The number of rotatable bonds is 8. The van der Waals surface area contributed by atoms with Crippen LogP contribution in [-0.4, -0.2) is 87.1 Å². The van der Waals surface area contributed by atoms with Crippen molar-refractivity contribution in [3.05, 3.63) is 60.2 Å². The van der Waals surface area contributed by atoms with Crippen molar-refractivity contribution in [1.29, 1.82) is 0 Å². The molecule has 2 atom stereocenters. The van der Waals surface area contributed by atoms with E-state index in [9.17, 15) is 4.79 Å². The molecule has 0 saturated carbocycles. The highest BCUT2D eigenvalue weighted by Gasteiger charge is 2.34. The summed E-state index contributed by atoms with van der Waals surface area (Å²) in [7, 11) is 6.25. The quantitative estimate of drug-likeness (QED) is 0.648. The molecular formula is C28H41N5O. The number of likely N-dealkylation sites (tertiary alicyclic amines) is 1. The maximum Gasteiger partial charge on any atom is 0.224 e. The smallest absolute Gasteiger partial charge is 0.224 e. The van der Waals surface area contributed by atoms with Gasteiger partial charge in [0.25, 0.3) is 0 Å². The predicted molar refractivity (Wildman–Crippen MR) is 141 cm³/mol. The third-order valence-corrected chi connectivity index (χ3v) is 7.42. The second-order valence-electron chi connectivity index (χ2n) is 10.2. The average Bonchev–Trinajstić information content (AvgIpc) is 2.84. The van der Waals surface area contributed by atoms with E-state index in [1.54, 1.807) is 0 Å². The molecule has 0 bridgehead atoms. The summed E-state index contributed by atoms with van der Waals surface area (Å²) < 4.78 is 0. The van der Waals surface area contributed by atoms with Crippen LogP contribution in [0.1, 0.15) is 24.8 Å². The minimum Gasteiger partial charge on any atom is -0.378 e. The number of nitrogens with zero attached hydrogens (tertiary/aromatic N) is 4. The summed E-state index contributed by atoms with van der Waals surface area (Å²) in [5.74, 6) is 0.632. The van der Waals surface area contributed by atoms with E-state index in [0.29, 0.717) is 18.4 Å². The summed E-state index contributed by atoms with van der Waals surface area (Å²) in [6.07, 6.45) is 2.69. The Hall–Kier alpha value is -2.41. The Labute approximate surface area is 205 Å². The van der Waals surface area contributed by atoms with Gasteiger partial charge in [0.15, 0.2) is 0 Å². The van der Waals surface area contributed by atoms with Crippen molar-refractivity contribution in [1.82, 2.24) is 14.7 Å². The van der Waals surface area contributed by atoms with E-state index in [1.165, 1.54) is 12.0 Å². The SMILES string of the molecule is CN1CCN([C@@H]2CCN(Cc3ccccc3)C[C@@H]2CCC(=O)Nc2cccc(N(C)C)c2)CC1. The summed E-state index contributed by atoms with van der Waals surface area (Å²) in [4.78, 5) is 22.6. The Morgan fingerprint density at radius 1 is 1.00 bits per heavy atom. The molecule has 0 radical (unpaired) electrons. The van der Waals surface area contributed by atoms with Gasteiger partial charge in [0.05, 0.1) is 0 Å². The Morgan fingerprint density at radius 3 is 2.50 bits per heavy atom. The highest BCUT2D eigenvalue weighted by Crippen LogP contribution is 2.28. The average molecular weight is 464 g/mol. The summed E-state index contributed by atoms with van der Waals surface area (Å²) in [6, 6.07) is 19.4. The standard InChI is InChI=1S/C28H41N5O/c1-30(2)26-11-7-10-25(20-26)29-28(34)13-12-24-22-32(21-23-8-5-4-6-9-23)15-14-27(24)33-18-16-31(3)17-19-33/h4-11,20,24,27H,12-19,21-22H2,1-3H3,(H,29,34)/t24-,27+/m0/s1. The molecule has 34 heavy (non-hydrogen) atoms. The van der Waals surface area contributed by atoms with E-state index in [4.69, 9.17) is 0 Å². The second kappa shape index (κ2) is 11.8. The van der Waals surface area contributed by atoms with Crippen LogP contribution in [0.2, 0.25) is 0 Å². The molecule has 2 fully saturated rings. The molecule has 2 aromatic rings. The Morgan fingerprint density at radius 2 is 1.76 bits per heavy atom. The Balaban J connectivity index is 1.37. The van der Waals surface area contributed by atoms with Gasteiger partial charge in [0.2, 0.25) is 5.91 Å². The van der Waals surface area contributed by atoms with Gasteiger partial charge in [-0.15, -0.1) is 0 Å². The number of carbonyl (C=O) groups excluding carboxylic acids is 1. The van der Waals surface area contributed by atoms with Crippen molar-refractivity contribution >= 4 is 17.3 Å². The normalized spacial score (nSPS) is 22.4. The summed E-state index contributed by atoms with van der Waals surface area (Å²) in [5.41, 5.74) is 3.34. The lowest BCUT2D eigenvalue weighted by Crippen LogP contribution is -2.56. The molecule has 2 heterocycles. The fourth-order valence-electron chi connectivity index (χ4n) is 5.40. The molecule has 2 aliphatic rings. The summed E-state index contributed by atoms with van der Waals surface area (Å²) >= 11 is 0. The second-order valence-corrected chi connectivity index (χ2v) is 10.2. The van der Waals surface area contributed by atoms with Gasteiger partial charge in [0.1, 0.15) is 0 Å². The zero-order valence-corrected chi connectivity index (χ0v) is 21.1. The largest absolute Gasteiger partial charge is 0.378 e. The Bertz CT molecular complexity index is 910. The van der Waals surface area contributed by atoms with E-state index in [2.05, 4.69) is 68.4 Å². The number of benzene rings is 2. The zero-order chi connectivity index (χ0) is 23.9. The molecule has 0 spiro atoms. The summed E-state index contributed by atoms with van der Waals surface area (Å²) in [5, 5.41) is 3.13. The number of amides is 1. The van der Waals surface area contributed by atoms with Crippen molar-refractivity contribution in [2.24, 2.45) is 5.92 Å². The Kier molecular flexibility index (Phi) is 8.59. The van der Waals surface area contributed by atoms with Crippen LogP contribution in [0.5, 0.6) is 0 Å². The molecule has 0 unspecified atom stereocenters. The number of piperidine rings is 1. The van der Waals surface area contributed by atoms with Gasteiger partial charge < -0.3 is 15.1 Å².